The van der Waals surface area contributed by atoms with Crippen LogP contribution in [0.25, 0.3) is 0 Å². The van der Waals surface area contributed by atoms with Crippen LogP contribution in [0.1, 0.15) is 16.7 Å². The predicted molar refractivity (Wildman–Crippen MR) is 89.1 cm³/mol. The number of nitriles is 1. The van der Waals surface area contributed by atoms with Crippen LogP contribution in [0.2, 0.25) is 0 Å². The Kier molecular flexibility index (Phi) is 6.73. The zero-order valence-corrected chi connectivity index (χ0v) is 13.9. The second kappa shape index (κ2) is 9.00. The summed E-state index contributed by atoms with van der Waals surface area (Å²) in [6.07, 6.45) is -4.37. The molecule has 9 heteroatoms. The lowest BCUT2D eigenvalue weighted by Gasteiger charge is -2.10. The van der Waals surface area contributed by atoms with Crippen LogP contribution in [-0.4, -0.2) is 18.8 Å². The van der Waals surface area contributed by atoms with Gasteiger partial charge < -0.3 is 15.4 Å². The van der Waals surface area contributed by atoms with Gasteiger partial charge in [0.2, 0.25) is 0 Å². The first-order chi connectivity index (χ1) is 12.8. The van der Waals surface area contributed by atoms with E-state index in [4.69, 9.17) is 5.26 Å². The number of hydrogen-bond donors (Lipinski definition) is 2. The second-order valence-electron chi connectivity index (χ2n) is 5.53. The van der Waals surface area contributed by atoms with Crippen molar-refractivity contribution in [2.75, 3.05) is 11.9 Å². The van der Waals surface area contributed by atoms with Crippen molar-refractivity contribution in [2.45, 2.75) is 19.3 Å². The molecule has 0 atom stereocenters. The van der Waals surface area contributed by atoms with E-state index >= 15 is 0 Å². The molecule has 0 aliphatic heterocycles. The predicted octanol–water partition coefficient (Wildman–Crippen LogP) is 4.10. The topological polar surface area (TPSA) is 74.2 Å². The summed E-state index contributed by atoms with van der Waals surface area (Å²) in [5.74, 6) is -0.586. The highest BCUT2D eigenvalue weighted by Crippen LogP contribution is 2.17. The molecule has 0 unspecified atom stereocenters. The normalized spacial score (nSPS) is 10.9. The van der Waals surface area contributed by atoms with E-state index in [0.717, 1.165) is 12.1 Å². The van der Waals surface area contributed by atoms with Gasteiger partial charge in [-0.05, 0) is 29.3 Å². The molecular weight excluding hydrogens is 366 g/mol. The fraction of sp³-hybridized carbons (Fsp3) is 0.222. The van der Waals surface area contributed by atoms with Crippen molar-refractivity contribution in [3.63, 3.8) is 0 Å². The minimum absolute atomic E-state index is 0.00615. The largest absolute Gasteiger partial charge is 0.411 e. The zero-order chi connectivity index (χ0) is 19.9. The summed E-state index contributed by atoms with van der Waals surface area (Å²) in [4.78, 5) is 11.9. The number of amides is 2. The number of carbonyl (C=O) groups excluding carboxylic acids is 1. The highest BCUT2D eigenvalue weighted by molar-refractivity contribution is 5.90. The summed E-state index contributed by atoms with van der Waals surface area (Å²) in [6, 6.07) is 11.1. The molecule has 0 saturated heterocycles. The molecule has 0 fully saturated rings. The van der Waals surface area contributed by atoms with E-state index in [2.05, 4.69) is 15.4 Å². The Morgan fingerprint density at radius 2 is 1.78 bits per heavy atom. The SMILES string of the molecule is N#Cc1cc(F)ccc1NC(=O)NCc1ccc(COCC(F)(F)F)cc1. The monoisotopic (exact) mass is 381 g/mol. The van der Waals surface area contributed by atoms with Gasteiger partial charge in [-0.15, -0.1) is 0 Å². The summed E-state index contributed by atoms with van der Waals surface area (Å²) in [5, 5.41) is 13.9. The number of nitrogens with zero attached hydrogens (tertiary/aromatic N) is 1. The van der Waals surface area contributed by atoms with E-state index < -0.39 is 24.6 Å². The number of rotatable bonds is 6. The number of nitrogens with one attached hydrogen (secondary N) is 2. The van der Waals surface area contributed by atoms with E-state index in [1.165, 1.54) is 6.07 Å². The molecule has 2 aromatic rings. The van der Waals surface area contributed by atoms with Crippen LogP contribution in [-0.2, 0) is 17.9 Å². The molecule has 0 heterocycles. The highest BCUT2D eigenvalue weighted by atomic mass is 19.4. The Morgan fingerprint density at radius 1 is 1.11 bits per heavy atom. The lowest BCUT2D eigenvalue weighted by molar-refractivity contribution is -0.176. The third-order valence-electron chi connectivity index (χ3n) is 3.36. The van der Waals surface area contributed by atoms with Crippen molar-refractivity contribution in [2.24, 2.45) is 0 Å². The molecule has 2 amide bonds. The van der Waals surface area contributed by atoms with Crippen molar-refractivity contribution in [3.8, 4) is 6.07 Å². The lowest BCUT2D eigenvalue weighted by atomic mass is 10.1. The van der Waals surface area contributed by atoms with Crippen LogP contribution in [0.5, 0.6) is 0 Å². The Hall–Kier alpha value is -3.12. The van der Waals surface area contributed by atoms with Crippen LogP contribution in [0, 0.1) is 17.1 Å². The quantitative estimate of drug-likeness (QED) is 0.740. The number of halogens is 4. The van der Waals surface area contributed by atoms with Gasteiger partial charge in [0.05, 0.1) is 17.9 Å². The Morgan fingerprint density at radius 3 is 2.41 bits per heavy atom. The molecular formula is C18H15F4N3O2. The molecule has 0 spiro atoms. The van der Waals surface area contributed by atoms with Crippen molar-refractivity contribution >= 4 is 11.7 Å². The highest BCUT2D eigenvalue weighted by Gasteiger charge is 2.27. The summed E-state index contributed by atoms with van der Waals surface area (Å²) in [6.45, 7) is -1.33. The van der Waals surface area contributed by atoms with Crippen LogP contribution in [0.3, 0.4) is 0 Å². The maximum Gasteiger partial charge on any atom is 0.411 e. The minimum Gasteiger partial charge on any atom is -0.367 e. The molecule has 5 nitrogen and oxygen atoms in total. The zero-order valence-electron chi connectivity index (χ0n) is 13.9. The van der Waals surface area contributed by atoms with Crippen molar-refractivity contribution < 1.29 is 27.1 Å². The number of ether oxygens (including phenoxy) is 1. The van der Waals surface area contributed by atoms with E-state index in [-0.39, 0.29) is 24.4 Å². The Labute approximate surface area is 152 Å². The molecule has 0 aliphatic carbocycles. The average molecular weight is 381 g/mol. The molecule has 2 N–H and O–H groups in total. The summed E-state index contributed by atoms with van der Waals surface area (Å²) in [7, 11) is 0. The number of hydrogen-bond acceptors (Lipinski definition) is 3. The van der Waals surface area contributed by atoms with E-state index in [9.17, 15) is 22.4 Å². The van der Waals surface area contributed by atoms with Gasteiger partial charge in [-0.2, -0.15) is 18.4 Å². The maximum absolute atomic E-state index is 13.1. The molecule has 0 aliphatic rings. The number of urea groups is 1. The van der Waals surface area contributed by atoms with Crippen LogP contribution in [0.15, 0.2) is 42.5 Å². The summed E-state index contributed by atoms with van der Waals surface area (Å²) >= 11 is 0. The van der Waals surface area contributed by atoms with Gasteiger partial charge in [-0.1, -0.05) is 24.3 Å². The molecule has 142 valence electrons. The summed E-state index contributed by atoms with van der Waals surface area (Å²) in [5.41, 5.74) is 1.45. The average Bonchev–Trinajstić information content (AvgIpc) is 2.61. The Balaban J connectivity index is 1.82. The molecule has 0 radical (unpaired) electrons. The van der Waals surface area contributed by atoms with Crippen LogP contribution >= 0.6 is 0 Å². The van der Waals surface area contributed by atoms with Gasteiger partial charge in [0, 0.05) is 6.54 Å². The van der Waals surface area contributed by atoms with Gasteiger partial charge in [-0.25, -0.2) is 9.18 Å². The number of benzene rings is 2. The van der Waals surface area contributed by atoms with E-state index in [1.54, 1.807) is 30.3 Å². The first-order valence-electron chi connectivity index (χ1n) is 7.73. The molecule has 0 bridgehead atoms. The van der Waals surface area contributed by atoms with Crippen molar-refractivity contribution in [3.05, 3.63) is 65.0 Å². The fourth-order valence-electron chi connectivity index (χ4n) is 2.10. The standard InChI is InChI=1S/C18H15F4N3O2/c19-15-5-6-16(14(7-15)8-23)25-17(26)24-9-12-1-3-13(4-2-12)10-27-11-18(20,21)22/h1-7H,9-11H2,(H2,24,25,26). The molecule has 0 aromatic heterocycles. The summed E-state index contributed by atoms with van der Waals surface area (Å²) < 4.78 is 53.7. The second-order valence-corrected chi connectivity index (χ2v) is 5.53. The van der Waals surface area contributed by atoms with E-state index in [1.807, 2.05) is 0 Å². The molecule has 2 rings (SSSR count). The van der Waals surface area contributed by atoms with Gasteiger partial charge in [0.1, 0.15) is 18.5 Å². The first-order valence-corrected chi connectivity index (χ1v) is 7.73. The molecule has 0 saturated carbocycles. The minimum atomic E-state index is -4.37. The Bertz CT molecular complexity index is 830. The molecule has 2 aromatic carbocycles. The van der Waals surface area contributed by atoms with Gasteiger partial charge in [0.15, 0.2) is 0 Å². The maximum atomic E-state index is 13.1. The third-order valence-corrected chi connectivity index (χ3v) is 3.36. The van der Waals surface area contributed by atoms with Gasteiger partial charge >= 0.3 is 12.2 Å². The fourth-order valence-corrected chi connectivity index (χ4v) is 2.10. The van der Waals surface area contributed by atoms with E-state index in [0.29, 0.717) is 11.1 Å². The first kappa shape index (κ1) is 20.2. The van der Waals surface area contributed by atoms with Crippen molar-refractivity contribution in [1.82, 2.24) is 5.32 Å². The lowest BCUT2D eigenvalue weighted by Crippen LogP contribution is -2.28. The number of alkyl halides is 3. The smallest absolute Gasteiger partial charge is 0.367 e. The van der Waals surface area contributed by atoms with Gasteiger partial charge in [-0.3, -0.25) is 0 Å². The van der Waals surface area contributed by atoms with Gasteiger partial charge in [0.25, 0.3) is 0 Å². The van der Waals surface area contributed by atoms with Crippen molar-refractivity contribution in [1.29, 1.82) is 5.26 Å². The number of carbonyl (C=O) groups is 1. The van der Waals surface area contributed by atoms with Crippen LogP contribution < -0.4 is 10.6 Å². The molecule has 27 heavy (non-hydrogen) atoms. The van der Waals surface area contributed by atoms with Crippen LogP contribution in [0.4, 0.5) is 28.0 Å². The third kappa shape index (κ3) is 6.95. The number of anilines is 1.